The average Bonchev–Trinajstić information content (AvgIpc) is 3.05. The molecule has 1 aliphatic rings. The van der Waals surface area contributed by atoms with Gasteiger partial charge in [0.2, 0.25) is 5.78 Å². The van der Waals surface area contributed by atoms with Crippen molar-refractivity contribution in [3.8, 4) is 0 Å². The number of alkyl halides is 3. The molecule has 23 heavy (non-hydrogen) atoms. The summed E-state index contributed by atoms with van der Waals surface area (Å²) in [5, 5.41) is 1.62. The van der Waals surface area contributed by atoms with E-state index in [2.05, 4.69) is 6.58 Å². The van der Waals surface area contributed by atoms with Crippen LogP contribution >= 0.6 is 11.3 Å². The predicted octanol–water partition coefficient (Wildman–Crippen LogP) is 5.06. The zero-order valence-electron chi connectivity index (χ0n) is 12.6. The van der Waals surface area contributed by atoms with Gasteiger partial charge in [-0.3, -0.25) is 9.59 Å². The SMILES string of the molecule is C=CC1CCC(CC(C(=O)c2cccs2)C(=O)C(F)(F)F)CC1. The molecular weight excluding hydrogens is 325 g/mol. The number of rotatable bonds is 6. The van der Waals surface area contributed by atoms with Crippen LogP contribution in [0, 0.1) is 17.8 Å². The molecule has 0 bridgehead atoms. The molecule has 0 N–H and O–H groups in total. The van der Waals surface area contributed by atoms with Crippen molar-refractivity contribution in [3.05, 3.63) is 35.0 Å². The summed E-state index contributed by atoms with van der Waals surface area (Å²) in [6.45, 7) is 3.74. The van der Waals surface area contributed by atoms with Gasteiger partial charge in [0.15, 0.2) is 5.78 Å². The lowest BCUT2D eigenvalue weighted by molar-refractivity contribution is -0.174. The van der Waals surface area contributed by atoms with Crippen molar-refractivity contribution in [1.29, 1.82) is 0 Å². The van der Waals surface area contributed by atoms with E-state index in [-0.39, 0.29) is 17.2 Å². The van der Waals surface area contributed by atoms with Crippen LogP contribution in [0.2, 0.25) is 0 Å². The molecule has 2 rings (SSSR count). The van der Waals surface area contributed by atoms with Crippen LogP contribution in [0.1, 0.15) is 41.8 Å². The molecule has 0 amide bonds. The number of halogens is 3. The number of hydrogen-bond acceptors (Lipinski definition) is 3. The molecule has 126 valence electrons. The van der Waals surface area contributed by atoms with Crippen LogP contribution in [0.3, 0.4) is 0 Å². The van der Waals surface area contributed by atoms with E-state index in [0.29, 0.717) is 5.92 Å². The van der Waals surface area contributed by atoms with Crippen molar-refractivity contribution in [2.45, 2.75) is 38.3 Å². The van der Waals surface area contributed by atoms with E-state index in [9.17, 15) is 22.8 Å². The minimum absolute atomic E-state index is 0.0149. The Labute approximate surface area is 137 Å². The summed E-state index contributed by atoms with van der Waals surface area (Å²) in [6, 6.07) is 3.07. The Kier molecular flexibility index (Phi) is 5.79. The van der Waals surface area contributed by atoms with Crippen LogP contribution in [0.5, 0.6) is 0 Å². The highest BCUT2D eigenvalue weighted by atomic mass is 32.1. The molecule has 6 heteroatoms. The smallest absolute Gasteiger partial charge is 0.292 e. The van der Waals surface area contributed by atoms with Crippen molar-refractivity contribution in [3.63, 3.8) is 0 Å². The van der Waals surface area contributed by atoms with Crippen LogP contribution in [-0.2, 0) is 4.79 Å². The van der Waals surface area contributed by atoms with Gasteiger partial charge in [-0.2, -0.15) is 13.2 Å². The number of thiophene rings is 1. The molecule has 0 saturated heterocycles. The lowest BCUT2D eigenvalue weighted by atomic mass is 9.76. The largest absolute Gasteiger partial charge is 0.450 e. The van der Waals surface area contributed by atoms with E-state index in [0.717, 1.165) is 37.0 Å². The van der Waals surface area contributed by atoms with Crippen LogP contribution in [0.4, 0.5) is 13.2 Å². The molecular formula is C17H19F3O2S. The van der Waals surface area contributed by atoms with Crippen molar-refractivity contribution in [1.82, 2.24) is 0 Å². The Hall–Kier alpha value is -1.43. The van der Waals surface area contributed by atoms with Gasteiger partial charge in [-0.25, -0.2) is 0 Å². The summed E-state index contributed by atoms with van der Waals surface area (Å²) in [7, 11) is 0. The van der Waals surface area contributed by atoms with Gasteiger partial charge in [0.25, 0.3) is 0 Å². The van der Waals surface area contributed by atoms with E-state index in [1.54, 1.807) is 11.4 Å². The van der Waals surface area contributed by atoms with Gasteiger partial charge in [0, 0.05) is 0 Å². The number of hydrogen-bond donors (Lipinski definition) is 0. The predicted molar refractivity (Wildman–Crippen MR) is 83.5 cm³/mol. The molecule has 0 aromatic carbocycles. The minimum atomic E-state index is -4.98. The summed E-state index contributed by atoms with van der Waals surface area (Å²) < 4.78 is 38.6. The summed E-state index contributed by atoms with van der Waals surface area (Å²) in [5.41, 5.74) is 0. The Morgan fingerprint density at radius 3 is 2.43 bits per heavy atom. The first-order valence-corrected chi connectivity index (χ1v) is 8.52. The first kappa shape index (κ1) is 17.9. The van der Waals surface area contributed by atoms with Crippen molar-refractivity contribution < 1.29 is 22.8 Å². The Bertz CT molecular complexity index is 555. The molecule has 1 fully saturated rings. The lowest BCUT2D eigenvalue weighted by Crippen LogP contribution is -2.37. The van der Waals surface area contributed by atoms with E-state index >= 15 is 0 Å². The summed E-state index contributed by atoms with van der Waals surface area (Å²) in [4.78, 5) is 24.3. The topological polar surface area (TPSA) is 34.1 Å². The lowest BCUT2D eigenvalue weighted by Gasteiger charge is -2.29. The molecule has 1 atom stereocenters. The van der Waals surface area contributed by atoms with Gasteiger partial charge in [-0.1, -0.05) is 12.1 Å². The van der Waals surface area contributed by atoms with Crippen LogP contribution < -0.4 is 0 Å². The van der Waals surface area contributed by atoms with Gasteiger partial charge in [-0.05, 0) is 55.4 Å². The monoisotopic (exact) mass is 344 g/mol. The van der Waals surface area contributed by atoms with Gasteiger partial charge in [0.05, 0.1) is 10.8 Å². The molecule has 1 aromatic heterocycles. The zero-order chi connectivity index (χ0) is 17.0. The second kappa shape index (κ2) is 7.43. The molecule has 0 spiro atoms. The molecule has 1 aliphatic carbocycles. The molecule has 0 radical (unpaired) electrons. The second-order valence-corrected chi connectivity index (χ2v) is 6.96. The number of carbonyl (C=O) groups is 2. The Balaban J connectivity index is 2.13. The normalized spacial score (nSPS) is 23.3. The molecule has 2 nitrogen and oxygen atoms in total. The van der Waals surface area contributed by atoms with Crippen LogP contribution in [0.15, 0.2) is 30.2 Å². The summed E-state index contributed by atoms with van der Waals surface area (Å²) in [5.74, 6) is -3.86. The van der Waals surface area contributed by atoms with Crippen molar-refractivity contribution in [2.75, 3.05) is 0 Å². The molecule has 1 aromatic rings. The zero-order valence-corrected chi connectivity index (χ0v) is 13.5. The van der Waals surface area contributed by atoms with Crippen molar-refractivity contribution >= 4 is 22.9 Å². The number of allylic oxidation sites excluding steroid dienone is 1. The second-order valence-electron chi connectivity index (χ2n) is 6.01. The highest BCUT2D eigenvalue weighted by molar-refractivity contribution is 7.12. The third kappa shape index (κ3) is 4.53. The molecule has 1 saturated carbocycles. The van der Waals surface area contributed by atoms with Crippen molar-refractivity contribution in [2.24, 2.45) is 17.8 Å². The standard InChI is InChI=1S/C17H19F3O2S/c1-2-11-5-7-12(8-6-11)10-13(16(22)17(18,19)20)15(21)14-4-3-9-23-14/h2-4,9,11-13H,1,5-8,10H2. The maximum atomic E-state index is 12.9. The third-order valence-corrected chi connectivity index (χ3v) is 5.35. The first-order valence-electron chi connectivity index (χ1n) is 7.64. The Morgan fingerprint density at radius 1 is 1.30 bits per heavy atom. The highest BCUT2D eigenvalue weighted by Gasteiger charge is 2.47. The van der Waals surface area contributed by atoms with E-state index < -0.39 is 23.7 Å². The third-order valence-electron chi connectivity index (χ3n) is 4.47. The summed E-state index contributed by atoms with van der Waals surface area (Å²) >= 11 is 1.07. The molecule has 1 heterocycles. The fourth-order valence-corrected chi connectivity index (χ4v) is 3.83. The van der Waals surface area contributed by atoms with Gasteiger partial charge < -0.3 is 0 Å². The maximum absolute atomic E-state index is 12.9. The highest BCUT2D eigenvalue weighted by Crippen LogP contribution is 2.36. The maximum Gasteiger partial charge on any atom is 0.450 e. The molecule has 1 unspecified atom stereocenters. The molecule has 0 aliphatic heterocycles. The van der Waals surface area contributed by atoms with Gasteiger partial charge >= 0.3 is 6.18 Å². The number of ketones is 2. The van der Waals surface area contributed by atoms with Crippen LogP contribution in [-0.4, -0.2) is 17.7 Å². The summed E-state index contributed by atoms with van der Waals surface area (Å²) in [6.07, 6.45) is 0.0505. The first-order chi connectivity index (χ1) is 10.8. The average molecular weight is 344 g/mol. The number of carbonyl (C=O) groups excluding carboxylic acids is 2. The van der Waals surface area contributed by atoms with E-state index in [4.69, 9.17) is 0 Å². The fourth-order valence-electron chi connectivity index (χ4n) is 3.11. The Morgan fingerprint density at radius 2 is 1.96 bits per heavy atom. The minimum Gasteiger partial charge on any atom is -0.292 e. The number of Topliss-reactive ketones (excluding diaryl/α,β-unsaturated/α-hetero) is 2. The fraction of sp³-hybridized carbons (Fsp3) is 0.529. The van der Waals surface area contributed by atoms with E-state index in [1.807, 2.05) is 6.08 Å². The van der Waals surface area contributed by atoms with Crippen LogP contribution in [0.25, 0.3) is 0 Å². The van der Waals surface area contributed by atoms with E-state index in [1.165, 1.54) is 6.07 Å². The quantitative estimate of drug-likeness (QED) is 0.411. The van der Waals surface area contributed by atoms with Gasteiger partial charge in [-0.15, -0.1) is 17.9 Å². The van der Waals surface area contributed by atoms with Gasteiger partial charge in [0.1, 0.15) is 0 Å².